The fourth-order valence-electron chi connectivity index (χ4n) is 4.11. The predicted octanol–water partition coefficient (Wildman–Crippen LogP) is 4.15. The summed E-state index contributed by atoms with van der Waals surface area (Å²) >= 11 is 0. The zero-order valence-corrected chi connectivity index (χ0v) is 24.6. The van der Waals surface area contributed by atoms with E-state index in [-0.39, 0.29) is 34.8 Å². The van der Waals surface area contributed by atoms with E-state index in [1.807, 2.05) is 51.1 Å². The summed E-state index contributed by atoms with van der Waals surface area (Å²) in [5.74, 6) is -0.273. The number of methoxy groups -OCH3 is 2. The van der Waals surface area contributed by atoms with Gasteiger partial charge in [0.2, 0.25) is 11.8 Å². The molecule has 40 heavy (non-hydrogen) atoms. The second-order valence-electron chi connectivity index (χ2n) is 9.71. The van der Waals surface area contributed by atoms with Crippen molar-refractivity contribution in [2.24, 2.45) is 0 Å². The Morgan fingerprint density at radius 2 is 1.55 bits per heavy atom. The van der Waals surface area contributed by atoms with Crippen LogP contribution in [0, 0.1) is 6.92 Å². The van der Waals surface area contributed by atoms with Gasteiger partial charge in [-0.25, -0.2) is 8.42 Å². The van der Waals surface area contributed by atoms with E-state index in [0.29, 0.717) is 5.75 Å². The highest BCUT2D eigenvalue weighted by Gasteiger charge is 2.34. The van der Waals surface area contributed by atoms with Crippen LogP contribution in [0.25, 0.3) is 0 Å². The molecule has 1 atom stereocenters. The van der Waals surface area contributed by atoms with Gasteiger partial charge in [0.25, 0.3) is 10.0 Å². The smallest absolute Gasteiger partial charge is 0.264 e. The summed E-state index contributed by atoms with van der Waals surface area (Å²) in [7, 11) is -1.36. The molecule has 0 radical (unpaired) electrons. The average molecular weight is 568 g/mol. The first-order chi connectivity index (χ1) is 19.0. The van der Waals surface area contributed by atoms with Crippen LogP contribution in [0.3, 0.4) is 0 Å². The number of nitrogens with zero attached hydrogens (tertiary/aromatic N) is 2. The lowest BCUT2D eigenvalue weighted by atomic mass is 10.1. The lowest BCUT2D eigenvalue weighted by Crippen LogP contribution is -2.52. The van der Waals surface area contributed by atoms with Crippen molar-refractivity contribution in [1.29, 1.82) is 0 Å². The number of anilines is 1. The van der Waals surface area contributed by atoms with Crippen molar-refractivity contribution in [3.8, 4) is 11.5 Å². The highest BCUT2D eigenvalue weighted by atomic mass is 32.2. The van der Waals surface area contributed by atoms with Gasteiger partial charge in [0, 0.05) is 18.7 Å². The summed E-state index contributed by atoms with van der Waals surface area (Å²) in [6, 6.07) is 19.3. The Labute approximate surface area is 236 Å². The van der Waals surface area contributed by atoms with E-state index in [0.717, 1.165) is 15.4 Å². The maximum Gasteiger partial charge on any atom is 0.264 e. The third-order valence-electron chi connectivity index (χ3n) is 6.34. The van der Waals surface area contributed by atoms with E-state index in [2.05, 4.69) is 5.32 Å². The summed E-state index contributed by atoms with van der Waals surface area (Å²) in [4.78, 5) is 28.4. The fraction of sp³-hybridized carbons (Fsp3) is 0.333. The third kappa shape index (κ3) is 7.32. The number of rotatable bonds is 12. The molecule has 0 aliphatic carbocycles. The van der Waals surface area contributed by atoms with Gasteiger partial charge in [0.1, 0.15) is 24.1 Å². The first-order valence-electron chi connectivity index (χ1n) is 12.9. The molecule has 3 rings (SSSR count). The van der Waals surface area contributed by atoms with Crippen molar-refractivity contribution in [3.05, 3.63) is 83.9 Å². The van der Waals surface area contributed by atoms with Gasteiger partial charge < -0.3 is 19.7 Å². The molecule has 0 aliphatic heterocycles. The summed E-state index contributed by atoms with van der Waals surface area (Å²) in [6.45, 7) is 6.68. The monoisotopic (exact) mass is 567 g/mol. The van der Waals surface area contributed by atoms with Gasteiger partial charge in [-0.15, -0.1) is 0 Å². The molecule has 0 spiro atoms. The largest absolute Gasteiger partial charge is 0.497 e. The summed E-state index contributed by atoms with van der Waals surface area (Å²) in [5.41, 5.74) is 1.82. The van der Waals surface area contributed by atoms with E-state index >= 15 is 0 Å². The number of amides is 2. The van der Waals surface area contributed by atoms with Crippen LogP contribution < -0.4 is 19.1 Å². The number of hydrogen-bond acceptors (Lipinski definition) is 6. The molecule has 0 bridgehead atoms. The minimum absolute atomic E-state index is 0.0102. The van der Waals surface area contributed by atoms with Gasteiger partial charge in [0.05, 0.1) is 24.8 Å². The normalized spacial score (nSPS) is 12.0. The zero-order valence-electron chi connectivity index (χ0n) is 23.7. The number of nitrogens with one attached hydrogen (secondary N) is 1. The number of hydrogen-bond donors (Lipinski definition) is 1. The van der Waals surface area contributed by atoms with Gasteiger partial charge in [-0.05, 0) is 57.5 Å². The molecule has 3 aromatic carbocycles. The molecule has 0 saturated heterocycles. The second-order valence-corrected chi connectivity index (χ2v) is 11.6. The van der Waals surface area contributed by atoms with Crippen molar-refractivity contribution >= 4 is 27.5 Å². The summed E-state index contributed by atoms with van der Waals surface area (Å²) < 4.78 is 40.0. The van der Waals surface area contributed by atoms with Gasteiger partial charge in [0.15, 0.2) is 0 Å². The van der Waals surface area contributed by atoms with E-state index in [4.69, 9.17) is 9.47 Å². The van der Waals surface area contributed by atoms with Crippen LogP contribution in [0.15, 0.2) is 77.7 Å². The molecule has 1 N–H and O–H groups in total. The number of benzene rings is 3. The molecule has 9 nitrogen and oxygen atoms in total. The van der Waals surface area contributed by atoms with Crippen molar-refractivity contribution in [1.82, 2.24) is 10.2 Å². The number of aryl methyl sites for hydroxylation is 1. The van der Waals surface area contributed by atoms with Gasteiger partial charge in [-0.3, -0.25) is 13.9 Å². The average Bonchev–Trinajstić information content (AvgIpc) is 2.94. The lowest BCUT2D eigenvalue weighted by Gasteiger charge is -2.32. The van der Waals surface area contributed by atoms with Crippen LogP contribution >= 0.6 is 0 Å². The molecule has 214 valence electrons. The predicted molar refractivity (Wildman–Crippen MR) is 155 cm³/mol. The molecule has 2 amide bonds. The van der Waals surface area contributed by atoms with Gasteiger partial charge >= 0.3 is 0 Å². The van der Waals surface area contributed by atoms with Crippen molar-refractivity contribution in [2.75, 3.05) is 25.1 Å². The first kappa shape index (κ1) is 30.5. The van der Waals surface area contributed by atoms with Crippen LogP contribution in [0.1, 0.15) is 31.9 Å². The molecular weight excluding hydrogens is 530 g/mol. The standard InChI is InChI=1S/C30H37N3O6S/c1-21(2)31-30(35)23(4)32(19-24-10-8-7-9-11-24)29(34)20-33(27-18-25(38-5)14-17-28(27)39-6)40(36,37)26-15-12-22(3)13-16-26/h7-18,21,23H,19-20H2,1-6H3,(H,31,35)/t23-/m0/s1. The van der Waals surface area contributed by atoms with Crippen LogP contribution in [0.2, 0.25) is 0 Å². The third-order valence-corrected chi connectivity index (χ3v) is 8.11. The topological polar surface area (TPSA) is 105 Å². The van der Waals surface area contributed by atoms with E-state index in [1.165, 1.54) is 37.3 Å². The molecule has 0 aromatic heterocycles. The SMILES string of the molecule is COc1ccc(OC)c(N(CC(=O)N(Cc2ccccc2)[C@@H](C)C(=O)NC(C)C)S(=O)(=O)c2ccc(C)cc2)c1. The maximum atomic E-state index is 14.1. The number of ether oxygens (including phenoxy) is 2. The second kappa shape index (κ2) is 13.3. The van der Waals surface area contributed by atoms with E-state index in [1.54, 1.807) is 31.2 Å². The van der Waals surface area contributed by atoms with Crippen LogP contribution in [0.5, 0.6) is 11.5 Å². The van der Waals surface area contributed by atoms with E-state index in [9.17, 15) is 18.0 Å². The Morgan fingerprint density at radius 3 is 2.12 bits per heavy atom. The van der Waals surface area contributed by atoms with Crippen molar-refractivity contribution in [2.45, 2.75) is 51.2 Å². The Morgan fingerprint density at radius 1 is 0.900 bits per heavy atom. The molecule has 0 heterocycles. The zero-order chi connectivity index (χ0) is 29.4. The highest BCUT2D eigenvalue weighted by molar-refractivity contribution is 7.92. The van der Waals surface area contributed by atoms with E-state index < -0.39 is 28.5 Å². The number of carbonyl (C=O) groups is 2. The molecule has 3 aromatic rings. The Kier molecular flexibility index (Phi) is 10.2. The summed E-state index contributed by atoms with van der Waals surface area (Å²) in [5, 5.41) is 2.84. The first-order valence-corrected chi connectivity index (χ1v) is 14.4. The Bertz CT molecular complexity index is 1410. The van der Waals surface area contributed by atoms with Crippen LogP contribution in [0.4, 0.5) is 5.69 Å². The van der Waals surface area contributed by atoms with Crippen molar-refractivity contribution < 1.29 is 27.5 Å². The molecule has 0 unspecified atom stereocenters. The molecule has 0 aliphatic rings. The highest BCUT2D eigenvalue weighted by Crippen LogP contribution is 2.36. The fourth-order valence-corrected chi connectivity index (χ4v) is 5.53. The summed E-state index contributed by atoms with van der Waals surface area (Å²) in [6.07, 6.45) is 0. The molecular formula is C30H37N3O6S. The van der Waals surface area contributed by atoms with Crippen LogP contribution in [-0.4, -0.2) is 58.0 Å². The maximum absolute atomic E-state index is 14.1. The minimum Gasteiger partial charge on any atom is -0.497 e. The Balaban J connectivity index is 2.11. The van der Waals surface area contributed by atoms with Gasteiger partial charge in [-0.2, -0.15) is 0 Å². The quantitative estimate of drug-likeness (QED) is 0.353. The lowest BCUT2D eigenvalue weighted by molar-refractivity contribution is -0.139. The Hall–Kier alpha value is -4.05. The molecule has 0 fully saturated rings. The minimum atomic E-state index is -4.25. The molecule has 0 saturated carbocycles. The van der Waals surface area contributed by atoms with Crippen molar-refractivity contribution in [3.63, 3.8) is 0 Å². The van der Waals surface area contributed by atoms with Gasteiger partial charge in [-0.1, -0.05) is 48.0 Å². The van der Waals surface area contributed by atoms with Crippen LogP contribution in [-0.2, 0) is 26.2 Å². The molecule has 10 heteroatoms. The number of sulfonamides is 1. The number of carbonyl (C=O) groups excluding carboxylic acids is 2.